The monoisotopic (exact) mass is 242 g/mol. The third-order valence-corrected chi connectivity index (χ3v) is 3.32. The lowest BCUT2D eigenvalue weighted by molar-refractivity contribution is -0.679. The molecule has 0 radical (unpaired) electrons. The standard InChI is InChI=1S/C14H15N3O/c18-14-13(15-7-8-16-14)9-11-6-5-10-3-1-2-4-12(10)17-11/h1-6,13,15H,7-9H2,(H,16,18)/p+1/t13-/m1/s1. The molecular weight excluding hydrogens is 226 g/mol. The van der Waals surface area contributed by atoms with Crippen molar-refractivity contribution in [1.82, 2.24) is 10.3 Å². The molecule has 1 aliphatic heterocycles. The van der Waals surface area contributed by atoms with Crippen molar-refractivity contribution in [3.05, 3.63) is 42.1 Å². The zero-order chi connectivity index (χ0) is 12.4. The van der Waals surface area contributed by atoms with Crippen molar-refractivity contribution in [2.75, 3.05) is 13.1 Å². The van der Waals surface area contributed by atoms with Crippen LogP contribution in [0.5, 0.6) is 0 Å². The summed E-state index contributed by atoms with van der Waals surface area (Å²) in [5.41, 5.74) is 1.97. The predicted octanol–water partition coefficient (Wildman–Crippen LogP) is -0.161. The maximum atomic E-state index is 11.7. The highest BCUT2D eigenvalue weighted by atomic mass is 16.2. The molecule has 2 heterocycles. The molecule has 18 heavy (non-hydrogen) atoms. The molecule has 3 rings (SSSR count). The third-order valence-electron chi connectivity index (χ3n) is 3.32. The fourth-order valence-corrected chi connectivity index (χ4v) is 2.34. The topological polar surface area (TPSA) is 58.6 Å². The number of nitrogens with zero attached hydrogens (tertiary/aromatic N) is 1. The van der Waals surface area contributed by atoms with Crippen LogP contribution < -0.4 is 10.6 Å². The number of aromatic nitrogens is 1. The molecule has 1 aromatic heterocycles. The summed E-state index contributed by atoms with van der Waals surface area (Å²) in [5, 5.41) is 6.12. The van der Waals surface area contributed by atoms with Gasteiger partial charge < -0.3 is 10.6 Å². The van der Waals surface area contributed by atoms with Gasteiger partial charge in [0.15, 0.2) is 6.04 Å². The average molecular weight is 242 g/mol. The molecule has 0 bridgehead atoms. The number of benzene rings is 1. The van der Waals surface area contributed by atoms with E-state index in [-0.39, 0.29) is 11.9 Å². The van der Waals surface area contributed by atoms with Crippen molar-refractivity contribution < 1.29 is 10.1 Å². The van der Waals surface area contributed by atoms with Gasteiger partial charge in [-0.25, -0.2) is 0 Å². The number of quaternary nitrogens is 1. The Bertz CT molecular complexity index is 582. The van der Waals surface area contributed by atoms with E-state index < -0.39 is 0 Å². The Labute approximate surface area is 105 Å². The Kier molecular flexibility index (Phi) is 2.94. The normalized spacial score (nSPS) is 19.8. The number of pyridine rings is 1. The molecule has 92 valence electrons. The van der Waals surface area contributed by atoms with Crippen LogP contribution in [0.2, 0.25) is 0 Å². The van der Waals surface area contributed by atoms with Gasteiger partial charge in [-0.05, 0) is 12.1 Å². The first kappa shape index (κ1) is 11.2. The number of para-hydroxylation sites is 1. The second kappa shape index (κ2) is 4.74. The molecule has 1 aromatic carbocycles. The Hall–Kier alpha value is -1.94. The van der Waals surface area contributed by atoms with Gasteiger partial charge in [-0.1, -0.05) is 24.3 Å². The van der Waals surface area contributed by atoms with Gasteiger partial charge in [0.2, 0.25) is 0 Å². The van der Waals surface area contributed by atoms with E-state index in [1.165, 1.54) is 0 Å². The lowest BCUT2D eigenvalue weighted by Gasteiger charge is -2.19. The molecule has 0 aliphatic carbocycles. The van der Waals surface area contributed by atoms with Gasteiger partial charge >= 0.3 is 0 Å². The number of piperazine rings is 1. The summed E-state index contributed by atoms with van der Waals surface area (Å²) in [5.74, 6) is 0.121. The maximum absolute atomic E-state index is 11.7. The SMILES string of the molecule is O=C1NCC[NH2+][C@@H]1Cc1ccc2ccccc2n1. The van der Waals surface area contributed by atoms with Crippen molar-refractivity contribution in [2.24, 2.45) is 0 Å². The molecule has 0 unspecified atom stereocenters. The number of hydrogen-bond acceptors (Lipinski definition) is 2. The van der Waals surface area contributed by atoms with Crippen LogP contribution in [0.4, 0.5) is 0 Å². The van der Waals surface area contributed by atoms with Gasteiger partial charge in [0.05, 0.1) is 25.0 Å². The largest absolute Gasteiger partial charge is 0.345 e. The fourth-order valence-electron chi connectivity index (χ4n) is 2.34. The summed E-state index contributed by atoms with van der Waals surface area (Å²) in [6.07, 6.45) is 0.691. The molecule has 0 saturated carbocycles. The molecule has 3 N–H and O–H groups in total. The average Bonchev–Trinajstić information content (AvgIpc) is 2.41. The first-order valence-corrected chi connectivity index (χ1v) is 6.28. The minimum absolute atomic E-state index is 0.0348. The molecule has 1 fully saturated rings. The summed E-state index contributed by atoms with van der Waals surface area (Å²) in [6.45, 7) is 1.71. The highest BCUT2D eigenvalue weighted by Crippen LogP contribution is 2.12. The van der Waals surface area contributed by atoms with E-state index >= 15 is 0 Å². The number of hydrogen-bond donors (Lipinski definition) is 2. The van der Waals surface area contributed by atoms with Crippen LogP contribution in [0.3, 0.4) is 0 Å². The van der Waals surface area contributed by atoms with Crippen molar-refractivity contribution in [3.63, 3.8) is 0 Å². The molecule has 4 heteroatoms. The summed E-state index contributed by atoms with van der Waals surface area (Å²) < 4.78 is 0. The number of rotatable bonds is 2. The zero-order valence-electron chi connectivity index (χ0n) is 10.1. The van der Waals surface area contributed by atoms with E-state index in [4.69, 9.17) is 0 Å². The van der Waals surface area contributed by atoms with E-state index in [2.05, 4.69) is 21.7 Å². The van der Waals surface area contributed by atoms with E-state index in [9.17, 15) is 4.79 Å². The summed E-state index contributed by atoms with van der Waals surface area (Å²) in [7, 11) is 0. The minimum atomic E-state index is -0.0348. The van der Waals surface area contributed by atoms with Crippen LogP contribution in [0.25, 0.3) is 10.9 Å². The molecule has 1 saturated heterocycles. The Morgan fingerprint density at radius 2 is 2.17 bits per heavy atom. The van der Waals surface area contributed by atoms with Crippen molar-refractivity contribution in [3.8, 4) is 0 Å². The third kappa shape index (κ3) is 2.19. The first-order valence-electron chi connectivity index (χ1n) is 6.28. The molecule has 4 nitrogen and oxygen atoms in total. The van der Waals surface area contributed by atoms with E-state index in [0.717, 1.165) is 29.7 Å². The lowest BCUT2D eigenvalue weighted by atomic mass is 10.1. The molecule has 1 atom stereocenters. The number of fused-ring (bicyclic) bond motifs is 1. The molecule has 2 aromatic rings. The van der Waals surface area contributed by atoms with Crippen LogP contribution in [0.15, 0.2) is 36.4 Å². The number of carbonyl (C=O) groups excluding carboxylic acids is 1. The fraction of sp³-hybridized carbons (Fsp3) is 0.286. The minimum Gasteiger partial charge on any atom is -0.345 e. The van der Waals surface area contributed by atoms with Gasteiger partial charge in [-0.15, -0.1) is 0 Å². The maximum Gasteiger partial charge on any atom is 0.278 e. The van der Waals surface area contributed by atoms with Gasteiger partial charge in [0, 0.05) is 11.1 Å². The quantitative estimate of drug-likeness (QED) is 0.769. The van der Waals surface area contributed by atoms with Gasteiger partial charge in [0.25, 0.3) is 5.91 Å². The summed E-state index contributed by atoms with van der Waals surface area (Å²) >= 11 is 0. The Morgan fingerprint density at radius 1 is 1.28 bits per heavy atom. The smallest absolute Gasteiger partial charge is 0.278 e. The Balaban J connectivity index is 1.83. The number of nitrogens with two attached hydrogens (primary N) is 1. The highest BCUT2D eigenvalue weighted by Gasteiger charge is 2.25. The predicted molar refractivity (Wildman–Crippen MR) is 69.0 cm³/mol. The molecule has 1 aliphatic rings. The second-order valence-corrected chi connectivity index (χ2v) is 4.62. The zero-order valence-corrected chi connectivity index (χ0v) is 10.1. The van der Waals surface area contributed by atoms with Crippen LogP contribution in [-0.4, -0.2) is 30.0 Å². The number of carbonyl (C=O) groups is 1. The van der Waals surface area contributed by atoms with Crippen LogP contribution in [0, 0.1) is 0 Å². The number of amides is 1. The van der Waals surface area contributed by atoms with Crippen LogP contribution in [-0.2, 0) is 11.2 Å². The number of nitrogens with one attached hydrogen (secondary N) is 1. The van der Waals surface area contributed by atoms with E-state index in [1.54, 1.807) is 0 Å². The van der Waals surface area contributed by atoms with Crippen molar-refractivity contribution in [2.45, 2.75) is 12.5 Å². The van der Waals surface area contributed by atoms with Crippen molar-refractivity contribution in [1.29, 1.82) is 0 Å². The van der Waals surface area contributed by atoms with Crippen molar-refractivity contribution >= 4 is 16.8 Å². The molecule has 0 spiro atoms. The molecular formula is C14H16N3O+. The van der Waals surface area contributed by atoms with Gasteiger partial charge in [-0.2, -0.15) is 0 Å². The van der Waals surface area contributed by atoms with Crippen LogP contribution in [0.1, 0.15) is 5.69 Å². The summed E-state index contributed by atoms with van der Waals surface area (Å²) in [6, 6.07) is 12.1. The highest BCUT2D eigenvalue weighted by molar-refractivity contribution is 5.81. The lowest BCUT2D eigenvalue weighted by Crippen LogP contribution is -2.97. The van der Waals surface area contributed by atoms with Gasteiger partial charge in [-0.3, -0.25) is 9.78 Å². The summed E-state index contributed by atoms with van der Waals surface area (Å²) in [4.78, 5) is 16.3. The van der Waals surface area contributed by atoms with Crippen LogP contribution >= 0.6 is 0 Å². The molecule has 1 amide bonds. The Morgan fingerprint density at radius 3 is 3.06 bits per heavy atom. The first-order chi connectivity index (χ1) is 8.83. The van der Waals surface area contributed by atoms with E-state index in [0.29, 0.717) is 6.42 Å². The van der Waals surface area contributed by atoms with Gasteiger partial charge in [0.1, 0.15) is 0 Å². The van der Waals surface area contributed by atoms with E-state index in [1.807, 2.05) is 30.3 Å². The second-order valence-electron chi connectivity index (χ2n) is 4.62.